The van der Waals surface area contributed by atoms with E-state index in [4.69, 9.17) is 9.47 Å². The van der Waals surface area contributed by atoms with Gasteiger partial charge in [0.25, 0.3) is 0 Å². The molecule has 26 heavy (non-hydrogen) atoms. The average molecular weight is 357 g/mol. The molecule has 0 aliphatic carbocycles. The van der Waals surface area contributed by atoms with Gasteiger partial charge in [0, 0.05) is 19.0 Å². The summed E-state index contributed by atoms with van der Waals surface area (Å²) in [5, 5.41) is 9.29. The second kappa shape index (κ2) is 7.70. The molecule has 1 saturated heterocycles. The Labute approximate surface area is 152 Å². The van der Waals surface area contributed by atoms with E-state index in [2.05, 4.69) is 16.5 Å². The number of allylic oxidation sites excluding steroid dienone is 1. The first-order valence-electron chi connectivity index (χ1n) is 8.57. The lowest BCUT2D eigenvalue weighted by atomic mass is 10.2. The number of aryl methyl sites for hydroxylation is 1. The Bertz CT molecular complexity index is 824. The number of carboxylic acid groups (broad SMARTS) is 1. The van der Waals surface area contributed by atoms with Crippen molar-refractivity contribution in [1.82, 2.24) is 14.9 Å². The van der Waals surface area contributed by atoms with Crippen LogP contribution in [0.1, 0.15) is 18.5 Å². The number of hydrogen-bond donors (Lipinski definition) is 1. The highest BCUT2D eigenvalue weighted by Crippen LogP contribution is 2.27. The summed E-state index contributed by atoms with van der Waals surface area (Å²) in [5.41, 5.74) is 2.20. The van der Waals surface area contributed by atoms with Crippen molar-refractivity contribution in [2.45, 2.75) is 31.4 Å². The van der Waals surface area contributed by atoms with E-state index in [1.807, 2.05) is 24.3 Å². The quantitative estimate of drug-likeness (QED) is 0.761. The Kier molecular flexibility index (Phi) is 5.37. The molecule has 7 nitrogen and oxygen atoms in total. The lowest BCUT2D eigenvalue weighted by Crippen LogP contribution is -2.32. The van der Waals surface area contributed by atoms with Crippen molar-refractivity contribution < 1.29 is 19.4 Å². The molecule has 0 spiro atoms. The van der Waals surface area contributed by atoms with Crippen LogP contribution in [0.5, 0.6) is 11.6 Å². The number of methoxy groups -OCH3 is 1. The van der Waals surface area contributed by atoms with Gasteiger partial charge in [0.05, 0.1) is 18.1 Å². The van der Waals surface area contributed by atoms with E-state index >= 15 is 0 Å². The number of likely N-dealkylation sites (tertiary alicyclic amines) is 1. The van der Waals surface area contributed by atoms with Crippen molar-refractivity contribution in [3.8, 4) is 11.6 Å². The molecule has 1 fully saturated rings. The summed E-state index contributed by atoms with van der Waals surface area (Å²) < 4.78 is 11.3. The van der Waals surface area contributed by atoms with Gasteiger partial charge in [-0.2, -0.15) is 0 Å². The maximum atomic E-state index is 11.3. The van der Waals surface area contributed by atoms with Crippen LogP contribution < -0.4 is 9.47 Å². The molecule has 1 N–H and O–H groups in total. The van der Waals surface area contributed by atoms with Crippen LogP contribution in [0.2, 0.25) is 0 Å². The molecule has 0 amide bonds. The van der Waals surface area contributed by atoms with E-state index in [1.165, 1.54) is 0 Å². The fourth-order valence-corrected chi connectivity index (χ4v) is 3.16. The Morgan fingerprint density at radius 2 is 2.23 bits per heavy atom. The van der Waals surface area contributed by atoms with Gasteiger partial charge in [0.15, 0.2) is 0 Å². The Morgan fingerprint density at radius 3 is 2.88 bits per heavy atom. The number of benzene rings is 1. The monoisotopic (exact) mass is 357 g/mol. The molecule has 7 heteroatoms. The molecular weight excluding hydrogens is 334 g/mol. The summed E-state index contributed by atoms with van der Waals surface area (Å²) in [5.74, 6) is 0.319. The number of rotatable bonds is 7. The van der Waals surface area contributed by atoms with Crippen LogP contribution >= 0.6 is 0 Å². The molecule has 0 unspecified atom stereocenters. The van der Waals surface area contributed by atoms with Crippen LogP contribution in [-0.2, 0) is 11.2 Å². The number of ether oxygens (including phenoxy) is 2. The third-order valence-electron chi connectivity index (χ3n) is 4.57. The van der Waals surface area contributed by atoms with Crippen molar-refractivity contribution in [2.75, 3.05) is 20.7 Å². The van der Waals surface area contributed by atoms with Gasteiger partial charge in [-0.05, 0) is 32.0 Å². The van der Waals surface area contributed by atoms with Gasteiger partial charge in [-0.3, -0.25) is 9.69 Å². The molecule has 2 aromatic rings. The fourth-order valence-electron chi connectivity index (χ4n) is 3.16. The van der Waals surface area contributed by atoms with Crippen LogP contribution in [0.15, 0.2) is 30.9 Å². The third-order valence-corrected chi connectivity index (χ3v) is 4.57. The number of carbonyl (C=O) groups is 1. The molecule has 1 aliphatic heterocycles. The first-order chi connectivity index (χ1) is 12.5. The van der Waals surface area contributed by atoms with Crippen LogP contribution in [0.3, 0.4) is 0 Å². The first kappa shape index (κ1) is 18.1. The summed E-state index contributed by atoms with van der Waals surface area (Å²) in [7, 11) is 3.39. The van der Waals surface area contributed by atoms with Crippen LogP contribution in [0.4, 0.5) is 0 Å². The molecule has 138 valence electrons. The van der Waals surface area contributed by atoms with Gasteiger partial charge in [0.2, 0.25) is 5.88 Å². The number of hydrogen-bond acceptors (Lipinski definition) is 6. The number of carboxylic acids is 1. The van der Waals surface area contributed by atoms with Crippen LogP contribution in [-0.4, -0.2) is 58.8 Å². The minimum absolute atomic E-state index is 0.235. The number of aliphatic carboxylic acids is 1. The highest BCUT2D eigenvalue weighted by Gasteiger charge is 2.36. The third kappa shape index (κ3) is 3.77. The van der Waals surface area contributed by atoms with Gasteiger partial charge in [-0.25, -0.2) is 9.97 Å². The normalized spacial score (nSPS) is 20.2. The van der Waals surface area contributed by atoms with Crippen LogP contribution in [0, 0.1) is 0 Å². The van der Waals surface area contributed by atoms with E-state index in [0.29, 0.717) is 36.5 Å². The summed E-state index contributed by atoms with van der Waals surface area (Å²) >= 11 is 0. The Balaban J connectivity index is 1.91. The molecule has 2 atom stereocenters. The molecule has 0 bridgehead atoms. The number of likely N-dealkylation sites (N-methyl/N-ethyl adjacent to an activating group) is 1. The van der Waals surface area contributed by atoms with E-state index in [-0.39, 0.29) is 6.10 Å². The molecule has 1 aliphatic rings. The molecule has 0 radical (unpaired) electrons. The maximum Gasteiger partial charge on any atom is 0.321 e. The molecule has 1 aromatic carbocycles. The van der Waals surface area contributed by atoms with Crippen molar-refractivity contribution in [3.05, 3.63) is 36.5 Å². The van der Waals surface area contributed by atoms with Crippen molar-refractivity contribution in [3.63, 3.8) is 0 Å². The first-order valence-corrected chi connectivity index (χ1v) is 8.57. The minimum atomic E-state index is -0.834. The van der Waals surface area contributed by atoms with Crippen LogP contribution in [0.25, 0.3) is 11.0 Å². The fraction of sp³-hybridized carbons (Fsp3) is 0.421. The van der Waals surface area contributed by atoms with Gasteiger partial charge in [0.1, 0.15) is 23.6 Å². The zero-order chi connectivity index (χ0) is 18.7. The largest absolute Gasteiger partial charge is 0.497 e. The number of aromatic nitrogens is 2. The van der Waals surface area contributed by atoms with Gasteiger partial charge in [-0.15, -0.1) is 6.58 Å². The smallest absolute Gasteiger partial charge is 0.321 e. The zero-order valence-corrected chi connectivity index (χ0v) is 15.0. The maximum absolute atomic E-state index is 11.3. The van der Waals surface area contributed by atoms with Gasteiger partial charge < -0.3 is 14.6 Å². The number of nitrogens with zero attached hydrogens (tertiary/aromatic N) is 3. The Hall–Kier alpha value is -2.67. The summed E-state index contributed by atoms with van der Waals surface area (Å²) in [6, 6.07) is 4.99. The van der Waals surface area contributed by atoms with Crippen molar-refractivity contribution >= 4 is 17.0 Å². The summed E-state index contributed by atoms with van der Waals surface area (Å²) in [6.45, 7) is 4.29. The molecule has 2 heterocycles. The predicted molar refractivity (Wildman–Crippen MR) is 97.7 cm³/mol. The second-order valence-corrected chi connectivity index (χ2v) is 6.43. The number of fused-ring (bicyclic) bond motifs is 1. The topological polar surface area (TPSA) is 84.8 Å². The van der Waals surface area contributed by atoms with E-state index in [9.17, 15) is 9.90 Å². The lowest BCUT2D eigenvalue weighted by Gasteiger charge is -2.16. The molecule has 3 rings (SSSR count). The average Bonchev–Trinajstić information content (AvgIpc) is 3.00. The standard InChI is InChI=1S/C19H23N3O4/c1-4-5-6-15-18(26-13-10-17(19(23)24)22(2)11-13)21-16-9-12(25-3)7-8-14(16)20-15/h4,7-9,13,17H,1,5-6,10-11H2,2-3H3,(H,23,24)/t13-,17+/m1/s1. The summed E-state index contributed by atoms with van der Waals surface area (Å²) in [4.78, 5) is 22.4. The van der Waals surface area contributed by atoms with Gasteiger partial charge in [-0.1, -0.05) is 6.08 Å². The predicted octanol–water partition coefficient (Wildman–Crippen LogP) is 2.29. The molecule has 1 aromatic heterocycles. The molecular formula is C19H23N3O4. The molecule has 0 saturated carbocycles. The second-order valence-electron chi connectivity index (χ2n) is 6.43. The highest BCUT2D eigenvalue weighted by molar-refractivity contribution is 5.77. The van der Waals surface area contributed by atoms with E-state index in [1.54, 1.807) is 19.1 Å². The lowest BCUT2D eigenvalue weighted by molar-refractivity contribution is -0.141. The van der Waals surface area contributed by atoms with E-state index < -0.39 is 12.0 Å². The van der Waals surface area contributed by atoms with Crippen molar-refractivity contribution in [1.29, 1.82) is 0 Å². The summed E-state index contributed by atoms with van der Waals surface area (Å²) in [6.07, 6.45) is 3.44. The van der Waals surface area contributed by atoms with Crippen molar-refractivity contribution in [2.24, 2.45) is 0 Å². The highest BCUT2D eigenvalue weighted by atomic mass is 16.5. The minimum Gasteiger partial charge on any atom is -0.497 e. The Morgan fingerprint density at radius 1 is 1.42 bits per heavy atom. The van der Waals surface area contributed by atoms with E-state index in [0.717, 1.165) is 17.6 Å². The van der Waals surface area contributed by atoms with Gasteiger partial charge >= 0.3 is 5.97 Å². The zero-order valence-electron chi connectivity index (χ0n) is 15.0. The SMILES string of the molecule is C=CCCc1nc2ccc(OC)cc2nc1O[C@@H]1C[C@@H](C(=O)O)N(C)C1.